The van der Waals surface area contributed by atoms with Crippen molar-refractivity contribution in [2.45, 2.75) is 39.7 Å². The molecule has 150 valence electrons. The van der Waals surface area contributed by atoms with E-state index in [1.807, 2.05) is 55.5 Å². The van der Waals surface area contributed by atoms with E-state index in [0.29, 0.717) is 17.9 Å². The van der Waals surface area contributed by atoms with Gasteiger partial charge in [-0.1, -0.05) is 61.9 Å². The number of carbonyl (C=O) groups is 1. The van der Waals surface area contributed by atoms with Crippen LogP contribution in [0.3, 0.4) is 0 Å². The molecule has 3 aromatic carbocycles. The minimum atomic E-state index is -0.338. The highest BCUT2D eigenvalue weighted by molar-refractivity contribution is 5.91. The summed E-state index contributed by atoms with van der Waals surface area (Å²) in [5.74, 6) is 0.202. The number of ether oxygens (including phenoxy) is 2. The lowest BCUT2D eigenvalue weighted by atomic mass is 10.0. The molecule has 0 aliphatic heterocycles. The molecular weight excluding hydrogens is 360 g/mol. The summed E-state index contributed by atoms with van der Waals surface area (Å²) in [6.45, 7) is 6.90. The van der Waals surface area contributed by atoms with Crippen LogP contribution in [-0.4, -0.2) is 12.6 Å². The summed E-state index contributed by atoms with van der Waals surface area (Å²) in [6, 6.07) is 23.6. The Labute approximate surface area is 173 Å². The molecule has 0 bridgehead atoms. The molecule has 0 aliphatic carbocycles. The minimum Gasteiger partial charge on any atom is -0.423 e. The lowest BCUT2D eigenvalue weighted by Crippen LogP contribution is -2.08. The van der Waals surface area contributed by atoms with Gasteiger partial charge in [0.05, 0.1) is 11.7 Å². The minimum absolute atomic E-state index is 0.0897. The van der Waals surface area contributed by atoms with Crippen LogP contribution in [-0.2, 0) is 11.2 Å². The first-order chi connectivity index (χ1) is 14.1. The lowest BCUT2D eigenvalue weighted by Gasteiger charge is -2.12. The molecule has 3 aromatic rings. The zero-order chi connectivity index (χ0) is 20.6. The number of aryl methyl sites for hydroxylation is 1. The number of hydrogen-bond donors (Lipinski definition) is 0. The van der Waals surface area contributed by atoms with Gasteiger partial charge in [-0.05, 0) is 66.8 Å². The van der Waals surface area contributed by atoms with Gasteiger partial charge < -0.3 is 9.47 Å². The molecule has 3 nitrogen and oxygen atoms in total. The van der Waals surface area contributed by atoms with E-state index in [2.05, 4.69) is 38.1 Å². The smallest absolute Gasteiger partial charge is 0.343 e. The van der Waals surface area contributed by atoms with Crippen LogP contribution in [0.1, 0.15) is 54.8 Å². The Morgan fingerprint density at radius 3 is 1.97 bits per heavy atom. The fourth-order valence-corrected chi connectivity index (χ4v) is 3.27. The SMILES string of the molecule is CCCc1ccc(C(=O)Oc2ccc(-c3ccc(C(C)OCC)cc3)cc2)cc1. The second-order valence-electron chi connectivity index (χ2n) is 7.08. The topological polar surface area (TPSA) is 35.5 Å². The third-order valence-electron chi connectivity index (χ3n) is 4.92. The van der Waals surface area contributed by atoms with Crippen molar-refractivity contribution in [1.82, 2.24) is 0 Å². The molecule has 0 fully saturated rings. The van der Waals surface area contributed by atoms with E-state index in [4.69, 9.17) is 9.47 Å². The zero-order valence-corrected chi connectivity index (χ0v) is 17.4. The van der Waals surface area contributed by atoms with Crippen molar-refractivity contribution < 1.29 is 14.3 Å². The van der Waals surface area contributed by atoms with Crippen LogP contribution in [0.2, 0.25) is 0 Å². The van der Waals surface area contributed by atoms with E-state index in [1.54, 1.807) is 0 Å². The maximum absolute atomic E-state index is 12.4. The predicted molar refractivity (Wildman–Crippen MR) is 117 cm³/mol. The summed E-state index contributed by atoms with van der Waals surface area (Å²) in [6.07, 6.45) is 2.19. The number of esters is 1. The Balaban J connectivity index is 1.64. The van der Waals surface area contributed by atoms with E-state index >= 15 is 0 Å². The molecule has 1 atom stereocenters. The fraction of sp³-hybridized carbons (Fsp3) is 0.269. The Kier molecular flexibility index (Phi) is 7.20. The van der Waals surface area contributed by atoms with Gasteiger partial charge in [0.15, 0.2) is 0 Å². The summed E-state index contributed by atoms with van der Waals surface area (Å²) < 4.78 is 11.1. The third kappa shape index (κ3) is 5.55. The number of carbonyl (C=O) groups excluding carboxylic acids is 1. The summed E-state index contributed by atoms with van der Waals surface area (Å²) in [5, 5.41) is 0. The predicted octanol–water partition coefficient (Wildman–Crippen LogP) is 6.62. The number of hydrogen-bond acceptors (Lipinski definition) is 3. The molecule has 0 amide bonds. The Morgan fingerprint density at radius 2 is 1.41 bits per heavy atom. The molecule has 1 unspecified atom stereocenters. The van der Waals surface area contributed by atoms with Crippen LogP contribution in [0.4, 0.5) is 0 Å². The second-order valence-corrected chi connectivity index (χ2v) is 7.08. The van der Waals surface area contributed by atoms with Gasteiger partial charge in [-0.25, -0.2) is 4.79 Å². The molecular formula is C26H28O3. The molecule has 0 radical (unpaired) electrons. The Bertz CT molecular complexity index is 910. The third-order valence-corrected chi connectivity index (χ3v) is 4.92. The average molecular weight is 389 g/mol. The van der Waals surface area contributed by atoms with Gasteiger partial charge in [-0.2, -0.15) is 0 Å². The molecule has 3 rings (SSSR count). The van der Waals surface area contributed by atoms with Crippen LogP contribution in [0, 0.1) is 0 Å². The van der Waals surface area contributed by atoms with Gasteiger partial charge in [0.1, 0.15) is 5.75 Å². The largest absolute Gasteiger partial charge is 0.423 e. The molecule has 0 saturated heterocycles. The van der Waals surface area contributed by atoms with Crippen molar-refractivity contribution in [1.29, 1.82) is 0 Å². The standard InChI is InChI=1S/C26H28O3/c1-4-6-20-7-9-24(10-8-20)26(27)29-25-17-15-23(16-18-25)22-13-11-21(12-14-22)19(3)28-5-2/h7-19H,4-6H2,1-3H3. The van der Waals surface area contributed by atoms with Gasteiger partial charge in [0, 0.05) is 6.61 Å². The number of rotatable bonds is 8. The van der Waals surface area contributed by atoms with Crippen LogP contribution >= 0.6 is 0 Å². The fourth-order valence-electron chi connectivity index (χ4n) is 3.27. The first-order valence-corrected chi connectivity index (χ1v) is 10.2. The van der Waals surface area contributed by atoms with E-state index in [9.17, 15) is 4.79 Å². The Morgan fingerprint density at radius 1 is 0.828 bits per heavy atom. The van der Waals surface area contributed by atoms with E-state index in [-0.39, 0.29) is 12.1 Å². The average Bonchev–Trinajstić information content (AvgIpc) is 2.75. The highest BCUT2D eigenvalue weighted by Gasteiger charge is 2.09. The first kappa shape index (κ1) is 20.8. The van der Waals surface area contributed by atoms with Crippen molar-refractivity contribution in [3.8, 4) is 16.9 Å². The summed E-state index contributed by atoms with van der Waals surface area (Å²) in [5.41, 5.74) is 5.14. The molecule has 0 spiro atoms. The van der Waals surface area contributed by atoms with Gasteiger partial charge in [-0.3, -0.25) is 0 Å². The van der Waals surface area contributed by atoms with E-state index < -0.39 is 0 Å². The zero-order valence-electron chi connectivity index (χ0n) is 17.4. The van der Waals surface area contributed by atoms with Crippen molar-refractivity contribution in [2.75, 3.05) is 6.61 Å². The molecule has 0 saturated carbocycles. The highest BCUT2D eigenvalue weighted by atomic mass is 16.5. The van der Waals surface area contributed by atoms with Crippen LogP contribution < -0.4 is 4.74 Å². The summed E-state index contributed by atoms with van der Waals surface area (Å²) in [7, 11) is 0. The maximum Gasteiger partial charge on any atom is 0.343 e. The molecule has 0 aliphatic rings. The van der Waals surface area contributed by atoms with E-state index in [1.165, 1.54) is 5.56 Å². The molecule has 3 heteroatoms. The van der Waals surface area contributed by atoms with Crippen LogP contribution in [0.15, 0.2) is 72.8 Å². The highest BCUT2D eigenvalue weighted by Crippen LogP contribution is 2.25. The van der Waals surface area contributed by atoms with Gasteiger partial charge in [0.2, 0.25) is 0 Å². The molecule has 0 aromatic heterocycles. The van der Waals surface area contributed by atoms with E-state index in [0.717, 1.165) is 29.5 Å². The maximum atomic E-state index is 12.4. The normalized spacial score (nSPS) is 11.8. The lowest BCUT2D eigenvalue weighted by molar-refractivity contribution is 0.0734. The second kappa shape index (κ2) is 10.0. The molecule has 0 N–H and O–H groups in total. The quantitative estimate of drug-likeness (QED) is 0.321. The summed E-state index contributed by atoms with van der Waals surface area (Å²) in [4.78, 5) is 12.4. The molecule has 29 heavy (non-hydrogen) atoms. The van der Waals surface area contributed by atoms with Gasteiger partial charge in [0.25, 0.3) is 0 Å². The first-order valence-electron chi connectivity index (χ1n) is 10.2. The van der Waals surface area contributed by atoms with Crippen molar-refractivity contribution in [3.63, 3.8) is 0 Å². The van der Waals surface area contributed by atoms with Crippen molar-refractivity contribution >= 4 is 5.97 Å². The van der Waals surface area contributed by atoms with Crippen LogP contribution in [0.5, 0.6) is 5.75 Å². The van der Waals surface area contributed by atoms with Crippen LogP contribution in [0.25, 0.3) is 11.1 Å². The van der Waals surface area contributed by atoms with Gasteiger partial charge in [-0.15, -0.1) is 0 Å². The monoisotopic (exact) mass is 388 g/mol. The summed E-state index contributed by atoms with van der Waals surface area (Å²) >= 11 is 0. The van der Waals surface area contributed by atoms with Gasteiger partial charge >= 0.3 is 5.97 Å². The number of benzene rings is 3. The Hall–Kier alpha value is -2.91. The van der Waals surface area contributed by atoms with Crippen molar-refractivity contribution in [2.24, 2.45) is 0 Å². The molecule has 0 heterocycles. The van der Waals surface area contributed by atoms with Crippen molar-refractivity contribution in [3.05, 3.63) is 89.5 Å².